The van der Waals surface area contributed by atoms with Crippen molar-refractivity contribution >= 4 is 11.6 Å². The molecule has 1 fully saturated rings. The Morgan fingerprint density at radius 1 is 1.35 bits per heavy atom. The summed E-state index contributed by atoms with van der Waals surface area (Å²) in [6.45, 7) is 2.84. The van der Waals surface area contributed by atoms with E-state index in [0.29, 0.717) is 6.10 Å². The van der Waals surface area contributed by atoms with Crippen LogP contribution in [0.5, 0.6) is 0 Å². The summed E-state index contributed by atoms with van der Waals surface area (Å²) in [5.41, 5.74) is 1.24. The van der Waals surface area contributed by atoms with Crippen molar-refractivity contribution in [1.82, 2.24) is 5.32 Å². The first kappa shape index (κ1) is 12.9. The van der Waals surface area contributed by atoms with Crippen molar-refractivity contribution in [3.05, 3.63) is 34.9 Å². The molecule has 0 amide bonds. The number of rotatable bonds is 5. The van der Waals surface area contributed by atoms with Gasteiger partial charge in [-0.3, -0.25) is 0 Å². The van der Waals surface area contributed by atoms with Crippen LogP contribution in [0.4, 0.5) is 0 Å². The third-order valence-corrected chi connectivity index (χ3v) is 3.37. The van der Waals surface area contributed by atoms with E-state index in [1.807, 2.05) is 18.2 Å². The van der Waals surface area contributed by atoms with E-state index in [9.17, 15) is 0 Å². The van der Waals surface area contributed by atoms with Gasteiger partial charge in [0.1, 0.15) is 0 Å². The summed E-state index contributed by atoms with van der Waals surface area (Å²) in [5.74, 6) is 0. The molecule has 2 nitrogen and oxygen atoms in total. The Labute approximate surface area is 108 Å². The van der Waals surface area contributed by atoms with Gasteiger partial charge in [-0.05, 0) is 49.9 Å². The van der Waals surface area contributed by atoms with E-state index < -0.39 is 0 Å². The lowest BCUT2D eigenvalue weighted by Crippen LogP contribution is -2.25. The maximum absolute atomic E-state index is 5.93. The Bertz CT molecular complexity index is 337. The molecule has 0 aromatic heterocycles. The average Bonchev–Trinajstić information content (AvgIpc) is 2.36. The number of nitrogens with one attached hydrogen (secondary N) is 1. The molecule has 1 aliphatic rings. The molecule has 0 radical (unpaired) electrons. The van der Waals surface area contributed by atoms with Crippen molar-refractivity contribution in [3.63, 3.8) is 0 Å². The van der Waals surface area contributed by atoms with Gasteiger partial charge < -0.3 is 10.1 Å². The maximum Gasteiger partial charge on any atom is 0.0587 e. The Balaban J connectivity index is 1.62. The highest BCUT2D eigenvalue weighted by atomic mass is 35.5. The molecule has 0 saturated carbocycles. The van der Waals surface area contributed by atoms with E-state index in [4.69, 9.17) is 16.3 Å². The number of halogens is 1. The Kier molecular flexibility index (Phi) is 5.30. The summed E-state index contributed by atoms with van der Waals surface area (Å²) in [7, 11) is 0. The number of benzene rings is 1. The lowest BCUT2D eigenvalue weighted by Gasteiger charge is -2.22. The van der Waals surface area contributed by atoms with Gasteiger partial charge in [0.15, 0.2) is 0 Å². The van der Waals surface area contributed by atoms with Gasteiger partial charge in [0, 0.05) is 18.2 Å². The van der Waals surface area contributed by atoms with Crippen LogP contribution in [0.1, 0.15) is 31.2 Å². The lowest BCUT2D eigenvalue weighted by molar-refractivity contribution is 0.0115. The highest BCUT2D eigenvalue weighted by molar-refractivity contribution is 6.30. The van der Waals surface area contributed by atoms with Crippen molar-refractivity contribution in [3.8, 4) is 0 Å². The van der Waals surface area contributed by atoms with Gasteiger partial charge in [0.25, 0.3) is 0 Å². The van der Waals surface area contributed by atoms with E-state index in [1.165, 1.54) is 24.8 Å². The summed E-state index contributed by atoms with van der Waals surface area (Å²) in [5, 5.41) is 4.24. The van der Waals surface area contributed by atoms with Gasteiger partial charge in [0.05, 0.1) is 6.10 Å². The molecule has 1 aliphatic heterocycles. The number of hydrogen-bond donors (Lipinski definition) is 1. The van der Waals surface area contributed by atoms with Crippen LogP contribution < -0.4 is 5.32 Å². The molecule has 1 aromatic rings. The first-order valence-corrected chi connectivity index (χ1v) is 6.79. The topological polar surface area (TPSA) is 21.3 Å². The van der Waals surface area contributed by atoms with Crippen LogP contribution in [0.3, 0.4) is 0 Å². The second-order valence-electron chi connectivity index (χ2n) is 4.58. The van der Waals surface area contributed by atoms with Crippen molar-refractivity contribution in [2.75, 3.05) is 13.2 Å². The molecule has 0 bridgehead atoms. The zero-order valence-corrected chi connectivity index (χ0v) is 10.9. The van der Waals surface area contributed by atoms with Crippen molar-refractivity contribution in [2.45, 2.75) is 38.3 Å². The summed E-state index contributed by atoms with van der Waals surface area (Å²) in [6.07, 6.45) is 5.35. The van der Waals surface area contributed by atoms with E-state index >= 15 is 0 Å². The van der Waals surface area contributed by atoms with Gasteiger partial charge in [-0.25, -0.2) is 0 Å². The predicted octanol–water partition coefficient (Wildman–Crippen LogP) is 3.39. The predicted molar refractivity (Wildman–Crippen MR) is 71.4 cm³/mol. The molecule has 0 aliphatic carbocycles. The van der Waals surface area contributed by atoms with Gasteiger partial charge in [-0.15, -0.1) is 0 Å². The Morgan fingerprint density at radius 3 is 3.06 bits per heavy atom. The molecule has 17 heavy (non-hydrogen) atoms. The minimum Gasteiger partial charge on any atom is -0.378 e. The quantitative estimate of drug-likeness (QED) is 0.813. The molecule has 1 unspecified atom stereocenters. The second kappa shape index (κ2) is 7.00. The molecular formula is C14H20ClNO. The molecule has 1 aromatic carbocycles. The van der Waals surface area contributed by atoms with Gasteiger partial charge in [-0.2, -0.15) is 0 Å². The largest absolute Gasteiger partial charge is 0.378 e. The fourth-order valence-corrected chi connectivity index (χ4v) is 2.39. The highest BCUT2D eigenvalue weighted by Crippen LogP contribution is 2.15. The van der Waals surface area contributed by atoms with E-state index in [0.717, 1.165) is 31.1 Å². The lowest BCUT2D eigenvalue weighted by atomic mass is 10.1. The molecule has 1 saturated heterocycles. The molecule has 94 valence electrons. The summed E-state index contributed by atoms with van der Waals surface area (Å²) >= 11 is 5.93. The molecule has 3 heteroatoms. The maximum atomic E-state index is 5.93. The second-order valence-corrected chi connectivity index (χ2v) is 5.02. The molecular weight excluding hydrogens is 234 g/mol. The standard InChI is InChI=1S/C14H20ClNO/c15-13-5-3-4-12(10-13)11-16-8-7-14-6-1-2-9-17-14/h3-5,10,14,16H,1-2,6-9,11H2. The summed E-state index contributed by atoms with van der Waals surface area (Å²) in [6, 6.07) is 7.99. The zero-order valence-electron chi connectivity index (χ0n) is 10.1. The van der Waals surface area contributed by atoms with Gasteiger partial charge >= 0.3 is 0 Å². The van der Waals surface area contributed by atoms with Crippen LogP contribution in [0.25, 0.3) is 0 Å². The van der Waals surface area contributed by atoms with Crippen molar-refractivity contribution in [2.24, 2.45) is 0 Å². The Hall–Kier alpha value is -0.570. The van der Waals surface area contributed by atoms with Crippen LogP contribution in [0.2, 0.25) is 5.02 Å². The van der Waals surface area contributed by atoms with Gasteiger partial charge in [-0.1, -0.05) is 23.7 Å². The smallest absolute Gasteiger partial charge is 0.0587 e. The third-order valence-electron chi connectivity index (χ3n) is 3.14. The molecule has 2 rings (SSSR count). The van der Waals surface area contributed by atoms with E-state index in [1.54, 1.807) is 0 Å². The van der Waals surface area contributed by atoms with Crippen LogP contribution >= 0.6 is 11.6 Å². The van der Waals surface area contributed by atoms with Crippen LogP contribution in [0, 0.1) is 0 Å². The summed E-state index contributed by atoms with van der Waals surface area (Å²) < 4.78 is 5.69. The summed E-state index contributed by atoms with van der Waals surface area (Å²) in [4.78, 5) is 0. The van der Waals surface area contributed by atoms with E-state index in [-0.39, 0.29) is 0 Å². The monoisotopic (exact) mass is 253 g/mol. The molecule has 0 spiro atoms. The minimum absolute atomic E-state index is 0.468. The molecule has 1 atom stereocenters. The van der Waals surface area contributed by atoms with Gasteiger partial charge in [0.2, 0.25) is 0 Å². The Morgan fingerprint density at radius 2 is 2.29 bits per heavy atom. The normalized spacial score (nSPS) is 20.4. The van der Waals surface area contributed by atoms with Crippen molar-refractivity contribution < 1.29 is 4.74 Å². The first-order chi connectivity index (χ1) is 8.34. The number of ether oxygens (including phenoxy) is 1. The highest BCUT2D eigenvalue weighted by Gasteiger charge is 2.12. The zero-order chi connectivity index (χ0) is 11.9. The van der Waals surface area contributed by atoms with Crippen LogP contribution in [-0.4, -0.2) is 19.3 Å². The van der Waals surface area contributed by atoms with Crippen molar-refractivity contribution in [1.29, 1.82) is 0 Å². The van der Waals surface area contributed by atoms with Crippen LogP contribution in [-0.2, 0) is 11.3 Å². The first-order valence-electron chi connectivity index (χ1n) is 6.41. The fraction of sp³-hybridized carbons (Fsp3) is 0.571. The van der Waals surface area contributed by atoms with Crippen LogP contribution in [0.15, 0.2) is 24.3 Å². The third kappa shape index (κ3) is 4.66. The fourth-order valence-electron chi connectivity index (χ4n) is 2.18. The number of hydrogen-bond acceptors (Lipinski definition) is 2. The van der Waals surface area contributed by atoms with E-state index in [2.05, 4.69) is 11.4 Å². The molecule has 1 N–H and O–H groups in total. The average molecular weight is 254 g/mol. The molecule has 1 heterocycles. The minimum atomic E-state index is 0.468. The SMILES string of the molecule is Clc1cccc(CNCCC2CCCCO2)c1.